The van der Waals surface area contributed by atoms with Gasteiger partial charge in [-0.2, -0.15) is 0 Å². The summed E-state index contributed by atoms with van der Waals surface area (Å²) in [5.74, 6) is 7.27. The van der Waals surface area contributed by atoms with Gasteiger partial charge >= 0.3 is 180 Å². The molecular weight excluding hydrogens is 721 g/mol. The minimum Gasteiger partial charge on any atom is 0 e. The molecule has 0 amide bonds. The molecule has 199 valence electrons. The fourth-order valence-electron chi connectivity index (χ4n) is 4.99. The molecule has 1 heterocycles. The number of aliphatic hydroxyl groups is 1. The molecule has 0 saturated heterocycles. The fourth-order valence-corrected chi connectivity index (χ4v) is 8.86. The van der Waals surface area contributed by atoms with Gasteiger partial charge in [0.1, 0.15) is 0 Å². The molecule has 0 spiro atoms. The average molecular weight is 752 g/mol. The van der Waals surface area contributed by atoms with Crippen molar-refractivity contribution < 1.29 is 30.0 Å². The number of allylic oxidation sites excluding steroid dienone is 2. The summed E-state index contributed by atoms with van der Waals surface area (Å²) in [5.41, 5.74) is 3.80. The van der Waals surface area contributed by atoms with Crippen LogP contribution in [0.5, 0.6) is 0 Å². The molecule has 0 atom stereocenters. The van der Waals surface area contributed by atoms with Gasteiger partial charge in [0.25, 0.3) is 0 Å². The Kier molecular flexibility index (Phi) is 9.51. The standard InChI is InChI=1S/C28H23GeN2.C5H8O2.Ir/c1-18-22-9-10-26-25(24(22)11-12-27(18)29(2,3)4)13-14-31-28(26)20-15-19-7-5-6-8-23(19)21(16-20)17-30;1-4(6)3-5(2)7;/h5-14,16H,1-4H3;3,6H,1-2H3;/q-1;;/b;4-3-;. The van der Waals surface area contributed by atoms with Gasteiger partial charge in [-0.3, -0.25) is 4.79 Å². The molecule has 4 nitrogen and oxygen atoms in total. The maximum atomic E-state index is 10.0. The van der Waals surface area contributed by atoms with E-state index in [0.717, 1.165) is 27.4 Å². The summed E-state index contributed by atoms with van der Waals surface area (Å²) in [7, 11) is 0. The van der Waals surface area contributed by atoms with E-state index in [9.17, 15) is 10.1 Å². The van der Waals surface area contributed by atoms with Gasteiger partial charge in [-0.25, -0.2) is 0 Å². The molecule has 0 aliphatic heterocycles. The van der Waals surface area contributed by atoms with Crippen LogP contribution in [0.25, 0.3) is 43.6 Å². The first-order valence-electron chi connectivity index (χ1n) is 12.6. The van der Waals surface area contributed by atoms with Crippen molar-refractivity contribution in [2.45, 2.75) is 38.0 Å². The van der Waals surface area contributed by atoms with Crippen molar-refractivity contribution in [1.82, 2.24) is 4.98 Å². The number of carbonyl (C=O) groups is 1. The van der Waals surface area contributed by atoms with Crippen LogP contribution in [0.15, 0.2) is 78.7 Å². The summed E-state index contributed by atoms with van der Waals surface area (Å²) < 4.78 is 1.56. The van der Waals surface area contributed by atoms with E-state index in [-0.39, 0.29) is 31.6 Å². The minimum atomic E-state index is -1.94. The van der Waals surface area contributed by atoms with Gasteiger partial charge in [0.05, 0.1) is 5.76 Å². The van der Waals surface area contributed by atoms with Gasteiger partial charge in [-0.1, -0.05) is 6.07 Å². The molecule has 0 bridgehead atoms. The number of aliphatic hydroxyl groups excluding tert-OH is 1. The van der Waals surface area contributed by atoms with Crippen molar-refractivity contribution in [3.8, 4) is 17.3 Å². The van der Waals surface area contributed by atoms with Crippen molar-refractivity contribution in [3.05, 3.63) is 95.9 Å². The van der Waals surface area contributed by atoms with Gasteiger partial charge in [0, 0.05) is 26.2 Å². The zero-order valence-electron chi connectivity index (χ0n) is 23.0. The average Bonchev–Trinajstić information content (AvgIpc) is 2.86. The van der Waals surface area contributed by atoms with E-state index in [0.29, 0.717) is 5.56 Å². The Bertz CT molecular complexity index is 1780. The number of nitrogens with zero attached hydrogens (tertiary/aromatic N) is 2. The van der Waals surface area contributed by atoms with Crippen LogP contribution in [0.4, 0.5) is 0 Å². The quantitative estimate of drug-likeness (QED) is 0.0673. The van der Waals surface area contributed by atoms with E-state index < -0.39 is 13.3 Å². The molecule has 5 rings (SSSR count). The van der Waals surface area contributed by atoms with Crippen molar-refractivity contribution in [2.24, 2.45) is 0 Å². The number of fused-ring (bicyclic) bond motifs is 4. The summed E-state index contributed by atoms with van der Waals surface area (Å²) in [4.78, 5) is 14.7. The second-order valence-corrected chi connectivity index (χ2v) is 21.1. The Labute approximate surface area is 246 Å². The van der Waals surface area contributed by atoms with E-state index in [2.05, 4.69) is 66.7 Å². The molecule has 39 heavy (non-hydrogen) atoms. The Morgan fingerprint density at radius 2 is 1.59 bits per heavy atom. The molecule has 0 saturated carbocycles. The maximum absolute atomic E-state index is 10.0. The van der Waals surface area contributed by atoms with Gasteiger partial charge in [0.2, 0.25) is 0 Å². The van der Waals surface area contributed by atoms with Crippen LogP contribution in [0.3, 0.4) is 0 Å². The number of carbonyl (C=O) groups excluding carboxylic acids is 1. The Balaban J connectivity index is 0.000000468. The summed E-state index contributed by atoms with van der Waals surface area (Å²) in [5, 5.41) is 24.8. The number of benzene rings is 4. The summed E-state index contributed by atoms with van der Waals surface area (Å²) in [6, 6.07) is 26.8. The van der Waals surface area contributed by atoms with Crippen molar-refractivity contribution >= 4 is 55.8 Å². The number of aromatic nitrogens is 1. The SMILES string of the molecule is CC(=O)/C=C(/C)O.Cc1[c]([Ge]([CH3])([CH3])[CH3])ccc2c1ccc1c(-c3[c-]c4ccccc4c(C#N)c3)nccc12.[Ir]. The van der Waals surface area contributed by atoms with Crippen LogP contribution < -0.4 is 4.40 Å². The maximum Gasteiger partial charge on any atom is 0 e. The molecular formula is C33H31GeIrN2O2-. The molecule has 0 fully saturated rings. The normalized spacial score (nSPS) is 11.5. The summed E-state index contributed by atoms with van der Waals surface area (Å²) >= 11 is -1.94. The second kappa shape index (κ2) is 12.3. The number of pyridine rings is 1. The van der Waals surface area contributed by atoms with E-state index >= 15 is 0 Å². The van der Waals surface area contributed by atoms with E-state index in [1.54, 1.807) is 4.40 Å². The smallest absolute Gasteiger partial charge is 0 e. The number of rotatable bonds is 3. The van der Waals surface area contributed by atoms with Crippen LogP contribution in [0.1, 0.15) is 25.0 Å². The molecule has 6 heteroatoms. The molecule has 0 aliphatic rings. The minimum absolute atomic E-state index is 0. The Hall–Kier alpha value is -3.30. The summed E-state index contributed by atoms with van der Waals surface area (Å²) in [6.45, 7) is 5.11. The Morgan fingerprint density at radius 1 is 0.949 bits per heavy atom. The number of hydrogen-bond acceptors (Lipinski definition) is 4. The van der Waals surface area contributed by atoms with Gasteiger partial charge < -0.3 is 5.11 Å². The molecule has 5 aromatic rings. The molecule has 0 aliphatic carbocycles. The topological polar surface area (TPSA) is 74.0 Å². The van der Waals surface area contributed by atoms with E-state index in [4.69, 9.17) is 10.1 Å². The third-order valence-corrected chi connectivity index (χ3v) is 11.1. The first-order chi connectivity index (χ1) is 18.0. The monoisotopic (exact) mass is 754 g/mol. The zero-order chi connectivity index (χ0) is 27.6. The third kappa shape index (κ3) is 6.48. The number of hydrogen-bond donors (Lipinski definition) is 1. The summed E-state index contributed by atoms with van der Waals surface area (Å²) in [6.07, 6.45) is 3.04. The first-order valence-corrected chi connectivity index (χ1v) is 19.9. The number of ketones is 1. The predicted octanol–water partition coefficient (Wildman–Crippen LogP) is 7.77. The second-order valence-electron chi connectivity index (χ2n) is 10.6. The van der Waals surface area contributed by atoms with Crippen LogP contribution in [-0.4, -0.2) is 29.1 Å². The van der Waals surface area contributed by atoms with Crippen molar-refractivity contribution in [2.75, 3.05) is 0 Å². The van der Waals surface area contributed by atoms with Gasteiger partial charge in [0.15, 0.2) is 5.78 Å². The van der Waals surface area contributed by atoms with Crippen molar-refractivity contribution in [1.29, 1.82) is 5.26 Å². The third-order valence-electron chi connectivity index (χ3n) is 6.58. The number of nitriles is 1. The fraction of sp³-hybridized carbons (Fsp3) is 0.182. The predicted molar refractivity (Wildman–Crippen MR) is 161 cm³/mol. The van der Waals surface area contributed by atoms with Gasteiger partial charge in [-0.15, -0.1) is 0 Å². The van der Waals surface area contributed by atoms with Gasteiger partial charge in [-0.05, 0) is 13.8 Å². The Morgan fingerprint density at radius 3 is 2.21 bits per heavy atom. The first kappa shape index (κ1) is 30.2. The van der Waals surface area contributed by atoms with Crippen molar-refractivity contribution in [3.63, 3.8) is 0 Å². The largest absolute Gasteiger partial charge is 0 e. The van der Waals surface area contributed by atoms with Crippen LogP contribution in [-0.2, 0) is 24.9 Å². The number of aryl methyl sites for hydroxylation is 1. The molecule has 1 radical (unpaired) electrons. The molecule has 0 unspecified atom stereocenters. The zero-order valence-corrected chi connectivity index (χ0v) is 27.5. The van der Waals surface area contributed by atoms with Crippen LogP contribution >= 0.6 is 0 Å². The van der Waals surface area contributed by atoms with E-state index in [1.165, 1.54) is 41.6 Å². The van der Waals surface area contributed by atoms with E-state index in [1.807, 2.05) is 36.5 Å². The van der Waals surface area contributed by atoms with Crippen LogP contribution in [0, 0.1) is 24.3 Å². The molecule has 4 aromatic carbocycles. The molecule has 1 N–H and O–H groups in total. The molecule has 1 aromatic heterocycles. The van der Waals surface area contributed by atoms with Crippen LogP contribution in [0.2, 0.25) is 17.3 Å².